The van der Waals surface area contributed by atoms with E-state index in [1.807, 2.05) is 39.5 Å². The van der Waals surface area contributed by atoms with E-state index in [9.17, 15) is 4.79 Å². The third-order valence-electron chi connectivity index (χ3n) is 6.85. The molecule has 10 heteroatoms. The van der Waals surface area contributed by atoms with E-state index in [0.717, 1.165) is 52.5 Å². The van der Waals surface area contributed by atoms with Crippen molar-refractivity contribution in [1.29, 1.82) is 0 Å². The SMILES string of the molecule is CC[C@H]1CC(n2c(=O)nc(-c3cnn(C)c3)c3oc4ncc(-c5cn(C)nc5C)cc4c32)CCO1. The van der Waals surface area contributed by atoms with Gasteiger partial charge in [-0.15, -0.1) is 0 Å². The molecule has 6 heterocycles. The Labute approximate surface area is 201 Å². The monoisotopic (exact) mass is 473 g/mol. The van der Waals surface area contributed by atoms with Crippen LogP contribution in [0.15, 0.2) is 40.1 Å². The quantitative estimate of drug-likeness (QED) is 0.391. The molecule has 6 rings (SSSR count). The highest BCUT2D eigenvalue weighted by atomic mass is 16.5. The van der Waals surface area contributed by atoms with E-state index >= 15 is 0 Å². The van der Waals surface area contributed by atoms with Gasteiger partial charge in [0.15, 0.2) is 5.58 Å². The fourth-order valence-corrected chi connectivity index (χ4v) is 5.15. The fourth-order valence-electron chi connectivity index (χ4n) is 5.15. The first kappa shape index (κ1) is 21.7. The molecule has 0 aromatic carbocycles. The first-order valence-electron chi connectivity index (χ1n) is 11.9. The molecule has 5 aromatic rings. The van der Waals surface area contributed by atoms with Gasteiger partial charge in [-0.2, -0.15) is 15.2 Å². The molecular weight excluding hydrogens is 446 g/mol. The lowest BCUT2D eigenvalue weighted by Crippen LogP contribution is -2.34. The number of hydrogen-bond acceptors (Lipinski definition) is 7. The van der Waals surface area contributed by atoms with Crippen LogP contribution in [-0.2, 0) is 18.8 Å². The number of aromatic nitrogens is 7. The van der Waals surface area contributed by atoms with Crippen molar-refractivity contribution in [2.45, 2.75) is 45.3 Å². The largest absolute Gasteiger partial charge is 0.434 e. The van der Waals surface area contributed by atoms with Gasteiger partial charge in [0, 0.05) is 62.0 Å². The molecule has 2 atom stereocenters. The van der Waals surface area contributed by atoms with Gasteiger partial charge in [0.25, 0.3) is 0 Å². The van der Waals surface area contributed by atoms with Gasteiger partial charge in [-0.05, 0) is 32.3 Å². The zero-order valence-electron chi connectivity index (χ0n) is 20.2. The maximum absolute atomic E-state index is 13.6. The van der Waals surface area contributed by atoms with Crippen LogP contribution in [0.25, 0.3) is 44.6 Å². The summed E-state index contributed by atoms with van der Waals surface area (Å²) in [5, 5.41) is 9.52. The predicted molar refractivity (Wildman–Crippen MR) is 131 cm³/mol. The predicted octanol–water partition coefficient (Wildman–Crippen LogP) is 3.78. The van der Waals surface area contributed by atoms with Crippen LogP contribution < -0.4 is 5.69 Å². The van der Waals surface area contributed by atoms with E-state index in [1.54, 1.807) is 26.3 Å². The van der Waals surface area contributed by atoms with Crippen molar-refractivity contribution in [3.63, 3.8) is 0 Å². The Morgan fingerprint density at radius 1 is 1.14 bits per heavy atom. The van der Waals surface area contributed by atoms with E-state index in [-0.39, 0.29) is 17.8 Å². The van der Waals surface area contributed by atoms with Gasteiger partial charge in [0.2, 0.25) is 5.71 Å². The standard InChI is InChI=1S/C25H27N7O3/c1-5-18-9-17(6-7-34-18)32-22-19-8-15(20-13-31(4)29-14(20)2)10-26-24(19)35-23(22)21(28-25(32)33)16-11-27-30(3)12-16/h8,10-13,17-18H,5-7,9H2,1-4H3/t17?,18-/m0/s1. The van der Waals surface area contributed by atoms with E-state index < -0.39 is 0 Å². The van der Waals surface area contributed by atoms with Crippen LogP contribution in [-0.4, -0.2) is 46.8 Å². The molecule has 0 amide bonds. The van der Waals surface area contributed by atoms with Crippen LogP contribution in [0.3, 0.4) is 0 Å². The van der Waals surface area contributed by atoms with Gasteiger partial charge < -0.3 is 9.15 Å². The molecule has 1 unspecified atom stereocenters. The van der Waals surface area contributed by atoms with E-state index in [0.29, 0.717) is 23.6 Å². The molecule has 0 spiro atoms. The summed E-state index contributed by atoms with van der Waals surface area (Å²) in [7, 11) is 3.73. The number of pyridine rings is 1. The second-order valence-corrected chi connectivity index (χ2v) is 9.25. The number of aryl methyl sites for hydroxylation is 3. The van der Waals surface area contributed by atoms with Crippen molar-refractivity contribution in [2.24, 2.45) is 14.1 Å². The highest BCUT2D eigenvalue weighted by Crippen LogP contribution is 2.38. The molecule has 180 valence electrons. The minimum absolute atomic E-state index is 0.0382. The van der Waals surface area contributed by atoms with Gasteiger partial charge in [-0.1, -0.05) is 6.92 Å². The molecule has 1 saturated heterocycles. The fraction of sp³-hybridized carbons (Fsp3) is 0.400. The molecule has 35 heavy (non-hydrogen) atoms. The number of fused-ring (bicyclic) bond motifs is 3. The molecule has 0 bridgehead atoms. The summed E-state index contributed by atoms with van der Waals surface area (Å²) in [5.41, 5.74) is 5.45. The molecule has 1 aliphatic heterocycles. The Hall–Kier alpha value is -3.79. The van der Waals surface area contributed by atoms with E-state index in [2.05, 4.69) is 27.1 Å². The molecule has 0 saturated carbocycles. The van der Waals surface area contributed by atoms with Crippen LogP contribution in [0.5, 0.6) is 0 Å². The Kier molecular flexibility index (Phi) is 5.06. The Bertz CT molecular complexity index is 1620. The minimum atomic E-state index is -0.302. The zero-order valence-corrected chi connectivity index (χ0v) is 20.2. The summed E-state index contributed by atoms with van der Waals surface area (Å²) in [5.74, 6) is 0. The second-order valence-electron chi connectivity index (χ2n) is 9.25. The van der Waals surface area contributed by atoms with Gasteiger partial charge >= 0.3 is 5.69 Å². The summed E-state index contributed by atoms with van der Waals surface area (Å²) < 4.78 is 17.5. The van der Waals surface area contributed by atoms with Crippen molar-refractivity contribution in [1.82, 2.24) is 34.1 Å². The number of rotatable bonds is 4. The van der Waals surface area contributed by atoms with Crippen LogP contribution in [0, 0.1) is 6.92 Å². The number of ether oxygens (including phenoxy) is 1. The summed E-state index contributed by atoms with van der Waals surface area (Å²) in [6.07, 6.45) is 9.78. The second kappa shape index (κ2) is 8.16. The molecule has 10 nitrogen and oxygen atoms in total. The molecular formula is C25H27N7O3. The number of hydrogen-bond donors (Lipinski definition) is 0. The molecule has 0 N–H and O–H groups in total. The smallest absolute Gasteiger partial charge is 0.349 e. The molecule has 1 aliphatic rings. The zero-order chi connectivity index (χ0) is 24.3. The van der Waals surface area contributed by atoms with Crippen molar-refractivity contribution in [2.75, 3.05) is 6.61 Å². The van der Waals surface area contributed by atoms with Crippen LogP contribution in [0.2, 0.25) is 0 Å². The average Bonchev–Trinajstić information content (AvgIpc) is 3.54. The lowest BCUT2D eigenvalue weighted by molar-refractivity contribution is -0.00709. The van der Waals surface area contributed by atoms with E-state index in [4.69, 9.17) is 9.15 Å². The topological polar surface area (TPSA) is 106 Å². The normalized spacial score (nSPS) is 18.6. The van der Waals surface area contributed by atoms with Gasteiger partial charge in [-0.25, -0.2) is 9.78 Å². The van der Waals surface area contributed by atoms with Crippen molar-refractivity contribution >= 4 is 22.2 Å². The molecule has 1 fully saturated rings. The van der Waals surface area contributed by atoms with Crippen molar-refractivity contribution in [3.8, 4) is 22.4 Å². The van der Waals surface area contributed by atoms with Crippen LogP contribution in [0.4, 0.5) is 0 Å². The molecule has 0 radical (unpaired) electrons. The highest BCUT2D eigenvalue weighted by molar-refractivity contribution is 6.06. The van der Waals surface area contributed by atoms with Crippen molar-refractivity contribution in [3.05, 3.63) is 47.0 Å². The summed E-state index contributed by atoms with van der Waals surface area (Å²) in [4.78, 5) is 22.7. The summed E-state index contributed by atoms with van der Waals surface area (Å²) >= 11 is 0. The molecule has 0 aliphatic carbocycles. The van der Waals surface area contributed by atoms with Crippen LogP contribution in [0.1, 0.15) is 37.9 Å². The van der Waals surface area contributed by atoms with Gasteiger partial charge in [-0.3, -0.25) is 13.9 Å². The van der Waals surface area contributed by atoms with Crippen molar-refractivity contribution < 1.29 is 9.15 Å². The van der Waals surface area contributed by atoms with Crippen LogP contribution >= 0.6 is 0 Å². The maximum atomic E-state index is 13.6. The Morgan fingerprint density at radius 3 is 2.71 bits per heavy atom. The number of nitrogens with zero attached hydrogens (tertiary/aromatic N) is 7. The Morgan fingerprint density at radius 2 is 2.00 bits per heavy atom. The summed E-state index contributed by atoms with van der Waals surface area (Å²) in [6.45, 7) is 4.69. The third kappa shape index (κ3) is 3.56. The lowest BCUT2D eigenvalue weighted by Gasteiger charge is -2.30. The average molecular weight is 474 g/mol. The first-order chi connectivity index (χ1) is 16.9. The summed E-state index contributed by atoms with van der Waals surface area (Å²) in [6, 6.07) is 2.00. The van der Waals surface area contributed by atoms with Gasteiger partial charge in [0.1, 0.15) is 11.2 Å². The Balaban J connectivity index is 1.66. The maximum Gasteiger partial charge on any atom is 0.349 e. The molecule has 5 aromatic heterocycles. The van der Waals surface area contributed by atoms with E-state index in [1.165, 1.54) is 0 Å². The highest BCUT2D eigenvalue weighted by Gasteiger charge is 2.29. The lowest BCUT2D eigenvalue weighted by atomic mass is 10.0. The third-order valence-corrected chi connectivity index (χ3v) is 6.85. The minimum Gasteiger partial charge on any atom is -0.434 e. The first-order valence-corrected chi connectivity index (χ1v) is 11.9. The van der Waals surface area contributed by atoms with Gasteiger partial charge in [0.05, 0.1) is 23.4 Å². The number of furan rings is 1.